The minimum Gasteiger partial charge on any atom is -0.393 e. The second-order valence-electron chi connectivity index (χ2n) is 4.13. The third kappa shape index (κ3) is 3.74. The molecule has 1 heterocycles. The highest BCUT2D eigenvalue weighted by atomic mass is 35.5. The number of hydrogen-bond donors (Lipinski definition) is 1. The van der Waals surface area contributed by atoms with Crippen molar-refractivity contribution in [1.29, 1.82) is 0 Å². The Balaban J connectivity index is 0.00000128. The molecule has 4 heteroatoms. The van der Waals surface area contributed by atoms with Gasteiger partial charge in [-0.15, -0.1) is 12.4 Å². The maximum absolute atomic E-state index is 12.7. The molecule has 0 aliphatic carbocycles. The van der Waals surface area contributed by atoms with Crippen molar-refractivity contribution in [3.63, 3.8) is 0 Å². The molecule has 2 rings (SSSR count). The first-order valence-corrected chi connectivity index (χ1v) is 5.39. The van der Waals surface area contributed by atoms with Crippen LogP contribution in [-0.2, 0) is 6.54 Å². The van der Waals surface area contributed by atoms with Gasteiger partial charge in [0, 0.05) is 19.6 Å². The van der Waals surface area contributed by atoms with Gasteiger partial charge in [0.15, 0.2) is 0 Å². The summed E-state index contributed by atoms with van der Waals surface area (Å²) in [7, 11) is 0. The second kappa shape index (κ2) is 6.18. The zero-order valence-corrected chi connectivity index (χ0v) is 9.92. The first-order chi connectivity index (χ1) is 7.24. The molecule has 0 amide bonds. The summed E-state index contributed by atoms with van der Waals surface area (Å²) < 4.78 is 12.7. The number of hydrogen-bond acceptors (Lipinski definition) is 2. The van der Waals surface area contributed by atoms with Crippen LogP contribution in [0.2, 0.25) is 0 Å². The standard InChI is InChI=1S/C12H16FNO.ClH/c13-11-3-1-10(2-4-11)9-14-7-5-12(15)6-8-14;/h1-4,12,15H,5-9H2;1H. The van der Waals surface area contributed by atoms with Crippen LogP contribution >= 0.6 is 12.4 Å². The van der Waals surface area contributed by atoms with Crippen LogP contribution < -0.4 is 0 Å². The van der Waals surface area contributed by atoms with Crippen molar-refractivity contribution < 1.29 is 9.50 Å². The molecule has 1 fully saturated rings. The summed E-state index contributed by atoms with van der Waals surface area (Å²) >= 11 is 0. The van der Waals surface area contributed by atoms with E-state index in [1.807, 2.05) is 12.1 Å². The lowest BCUT2D eigenvalue weighted by Gasteiger charge is -2.29. The summed E-state index contributed by atoms with van der Waals surface area (Å²) in [6.07, 6.45) is 1.57. The summed E-state index contributed by atoms with van der Waals surface area (Å²) in [5.41, 5.74) is 1.13. The Hall–Kier alpha value is -0.640. The van der Waals surface area contributed by atoms with E-state index in [1.54, 1.807) is 0 Å². The van der Waals surface area contributed by atoms with E-state index in [2.05, 4.69) is 4.90 Å². The average molecular weight is 246 g/mol. The molecule has 1 aromatic carbocycles. The van der Waals surface area contributed by atoms with Crippen molar-refractivity contribution in [2.75, 3.05) is 13.1 Å². The number of halogens is 2. The average Bonchev–Trinajstić information content (AvgIpc) is 2.25. The van der Waals surface area contributed by atoms with Crippen molar-refractivity contribution in [3.05, 3.63) is 35.6 Å². The normalized spacial score (nSPS) is 18.1. The first-order valence-electron chi connectivity index (χ1n) is 5.39. The van der Waals surface area contributed by atoms with Gasteiger partial charge in [-0.1, -0.05) is 12.1 Å². The highest BCUT2D eigenvalue weighted by Gasteiger charge is 2.16. The van der Waals surface area contributed by atoms with Crippen molar-refractivity contribution >= 4 is 12.4 Å². The quantitative estimate of drug-likeness (QED) is 0.864. The van der Waals surface area contributed by atoms with Crippen LogP contribution in [-0.4, -0.2) is 29.2 Å². The Morgan fingerprint density at radius 3 is 2.31 bits per heavy atom. The number of likely N-dealkylation sites (tertiary alicyclic amines) is 1. The Morgan fingerprint density at radius 1 is 1.19 bits per heavy atom. The van der Waals surface area contributed by atoms with Gasteiger partial charge in [-0.05, 0) is 30.5 Å². The summed E-state index contributed by atoms with van der Waals surface area (Å²) in [5, 5.41) is 9.35. The number of rotatable bonds is 2. The smallest absolute Gasteiger partial charge is 0.123 e. The van der Waals surface area contributed by atoms with E-state index >= 15 is 0 Å². The lowest BCUT2D eigenvalue weighted by molar-refractivity contribution is 0.0792. The van der Waals surface area contributed by atoms with Crippen LogP contribution in [0.15, 0.2) is 24.3 Å². The van der Waals surface area contributed by atoms with Gasteiger partial charge in [-0.2, -0.15) is 0 Å². The number of piperidine rings is 1. The third-order valence-electron chi connectivity index (χ3n) is 2.88. The monoisotopic (exact) mass is 245 g/mol. The molecule has 1 aromatic rings. The summed E-state index contributed by atoms with van der Waals surface area (Å²) in [6, 6.07) is 6.63. The van der Waals surface area contributed by atoms with Crippen LogP contribution in [0.25, 0.3) is 0 Å². The molecule has 0 spiro atoms. The van der Waals surface area contributed by atoms with Gasteiger partial charge >= 0.3 is 0 Å². The van der Waals surface area contributed by atoms with E-state index < -0.39 is 0 Å². The largest absolute Gasteiger partial charge is 0.393 e. The van der Waals surface area contributed by atoms with Crippen molar-refractivity contribution in [2.45, 2.75) is 25.5 Å². The SMILES string of the molecule is Cl.OC1CCN(Cc2ccc(F)cc2)CC1. The molecule has 90 valence electrons. The molecule has 0 saturated carbocycles. The number of aliphatic hydroxyl groups is 1. The number of benzene rings is 1. The van der Waals surface area contributed by atoms with E-state index in [1.165, 1.54) is 12.1 Å². The number of nitrogens with zero attached hydrogens (tertiary/aromatic N) is 1. The van der Waals surface area contributed by atoms with Gasteiger partial charge < -0.3 is 5.11 Å². The fourth-order valence-electron chi connectivity index (χ4n) is 1.93. The minimum absolute atomic E-state index is 0. The molecule has 16 heavy (non-hydrogen) atoms. The fraction of sp³-hybridized carbons (Fsp3) is 0.500. The zero-order chi connectivity index (χ0) is 10.7. The van der Waals surface area contributed by atoms with Crippen LogP contribution in [0.1, 0.15) is 18.4 Å². The van der Waals surface area contributed by atoms with Gasteiger partial charge in [-0.25, -0.2) is 4.39 Å². The fourth-order valence-corrected chi connectivity index (χ4v) is 1.93. The zero-order valence-electron chi connectivity index (χ0n) is 9.10. The van der Waals surface area contributed by atoms with Crippen molar-refractivity contribution in [2.24, 2.45) is 0 Å². The van der Waals surface area contributed by atoms with Gasteiger partial charge in [0.2, 0.25) is 0 Å². The van der Waals surface area contributed by atoms with Crippen molar-refractivity contribution in [3.8, 4) is 0 Å². The molecule has 2 nitrogen and oxygen atoms in total. The molecule has 0 atom stereocenters. The molecule has 1 N–H and O–H groups in total. The molecule has 1 aliphatic heterocycles. The van der Waals surface area contributed by atoms with E-state index in [9.17, 15) is 9.50 Å². The molecule has 0 aromatic heterocycles. The molecular formula is C12H17ClFNO. The maximum atomic E-state index is 12.7. The molecule has 0 unspecified atom stereocenters. The van der Waals surface area contributed by atoms with E-state index in [0.717, 1.165) is 38.0 Å². The van der Waals surface area contributed by atoms with Gasteiger partial charge in [0.25, 0.3) is 0 Å². The second-order valence-corrected chi connectivity index (χ2v) is 4.13. The lowest BCUT2D eigenvalue weighted by atomic mass is 10.1. The van der Waals surface area contributed by atoms with E-state index in [4.69, 9.17) is 0 Å². The summed E-state index contributed by atoms with van der Waals surface area (Å²) in [4.78, 5) is 2.29. The Kier molecular flexibility index (Phi) is 5.19. The Labute approximate surface area is 101 Å². The predicted octanol–water partition coefficient (Wildman–Crippen LogP) is 2.20. The van der Waals surface area contributed by atoms with E-state index in [0.29, 0.717) is 0 Å². The molecule has 0 radical (unpaired) electrons. The summed E-state index contributed by atoms with van der Waals surface area (Å²) in [6.45, 7) is 2.71. The molecule has 1 aliphatic rings. The van der Waals surface area contributed by atoms with Gasteiger partial charge in [0.05, 0.1) is 6.10 Å². The molecule has 1 saturated heterocycles. The summed E-state index contributed by atoms with van der Waals surface area (Å²) in [5.74, 6) is -0.187. The van der Waals surface area contributed by atoms with Crippen LogP contribution in [0.5, 0.6) is 0 Å². The van der Waals surface area contributed by atoms with Crippen LogP contribution in [0.3, 0.4) is 0 Å². The highest BCUT2D eigenvalue weighted by molar-refractivity contribution is 5.85. The van der Waals surface area contributed by atoms with Crippen molar-refractivity contribution in [1.82, 2.24) is 4.90 Å². The highest BCUT2D eigenvalue weighted by Crippen LogP contribution is 2.13. The minimum atomic E-state index is -0.187. The molecular weight excluding hydrogens is 229 g/mol. The lowest BCUT2D eigenvalue weighted by Crippen LogP contribution is -2.35. The first kappa shape index (κ1) is 13.4. The Bertz CT molecular complexity index is 309. The van der Waals surface area contributed by atoms with Gasteiger partial charge in [0.1, 0.15) is 5.82 Å². The predicted molar refractivity (Wildman–Crippen MR) is 64.2 cm³/mol. The molecule has 0 bridgehead atoms. The maximum Gasteiger partial charge on any atom is 0.123 e. The topological polar surface area (TPSA) is 23.5 Å². The third-order valence-corrected chi connectivity index (χ3v) is 2.88. The van der Waals surface area contributed by atoms with Crippen LogP contribution in [0, 0.1) is 5.82 Å². The number of aliphatic hydroxyl groups excluding tert-OH is 1. The Morgan fingerprint density at radius 2 is 1.75 bits per heavy atom. The van der Waals surface area contributed by atoms with Crippen LogP contribution in [0.4, 0.5) is 4.39 Å². The van der Waals surface area contributed by atoms with E-state index in [-0.39, 0.29) is 24.3 Å². The van der Waals surface area contributed by atoms with Gasteiger partial charge in [-0.3, -0.25) is 4.90 Å².